The Morgan fingerprint density at radius 3 is 2.94 bits per heavy atom. The SMILES string of the molecule is Cc1noc(C)c1C(C)NC(=O)CC1CCCN1. The third-order valence-corrected chi connectivity index (χ3v) is 3.49. The van der Waals surface area contributed by atoms with Gasteiger partial charge in [0.05, 0.1) is 11.7 Å². The van der Waals surface area contributed by atoms with Crippen molar-refractivity contribution in [2.24, 2.45) is 0 Å². The number of nitrogens with one attached hydrogen (secondary N) is 2. The van der Waals surface area contributed by atoms with Crippen LogP contribution in [0, 0.1) is 13.8 Å². The van der Waals surface area contributed by atoms with Crippen LogP contribution in [0.5, 0.6) is 0 Å². The average molecular weight is 251 g/mol. The minimum atomic E-state index is -0.0508. The minimum Gasteiger partial charge on any atom is -0.361 e. The normalized spacial score (nSPS) is 20.9. The van der Waals surface area contributed by atoms with Gasteiger partial charge in [-0.3, -0.25) is 4.79 Å². The lowest BCUT2D eigenvalue weighted by Crippen LogP contribution is -2.33. The summed E-state index contributed by atoms with van der Waals surface area (Å²) in [4.78, 5) is 11.9. The van der Waals surface area contributed by atoms with Crippen LogP contribution in [0.1, 0.15) is 49.2 Å². The van der Waals surface area contributed by atoms with Crippen LogP contribution < -0.4 is 10.6 Å². The molecule has 1 aromatic heterocycles. The van der Waals surface area contributed by atoms with Crippen LogP contribution in [-0.2, 0) is 4.79 Å². The molecule has 2 N–H and O–H groups in total. The molecule has 1 aliphatic rings. The zero-order chi connectivity index (χ0) is 13.1. The molecule has 0 bridgehead atoms. The van der Waals surface area contributed by atoms with Crippen molar-refractivity contribution >= 4 is 5.91 Å². The van der Waals surface area contributed by atoms with Crippen LogP contribution in [0.3, 0.4) is 0 Å². The molecule has 18 heavy (non-hydrogen) atoms. The number of carbonyl (C=O) groups is 1. The number of rotatable bonds is 4. The van der Waals surface area contributed by atoms with E-state index in [4.69, 9.17) is 4.52 Å². The average Bonchev–Trinajstić information content (AvgIpc) is 2.89. The van der Waals surface area contributed by atoms with Gasteiger partial charge < -0.3 is 15.2 Å². The van der Waals surface area contributed by atoms with Gasteiger partial charge in [-0.15, -0.1) is 0 Å². The maximum atomic E-state index is 11.9. The fourth-order valence-electron chi connectivity index (χ4n) is 2.64. The number of hydrogen-bond acceptors (Lipinski definition) is 4. The van der Waals surface area contributed by atoms with E-state index in [0.717, 1.165) is 36.4 Å². The van der Waals surface area contributed by atoms with Crippen LogP contribution in [0.25, 0.3) is 0 Å². The maximum absolute atomic E-state index is 11.9. The maximum Gasteiger partial charge on any atom is 0.222 e. The van der Waals surface area contributed by atoms with Gasteiger partial charge in [0.2, 0.25) is 5.91 Å². The molecule has 1 saturated heterocycles. The first-order chi connectivity index (χ1) is 8.58. The molecule has 100 valence electrons. The van der Waals surface area contributed by atoms with Crippen molar-refractivity contribution in [3.05, 3.63) is 17.0 Å². The molecule has 1 fully saturated rings. The molecule has 5 nitrogen and oxygen atoms in total. The van der Waals surface area contributed by atoms with E-state index < -0.39 is 0 Å². The quantitative estimate of drug-likeness (QED) is 0.853. The molecule has 0 spiro atoms. The fourth-order valence-corrected chi connectivity index (χ4v) is 2.64. The first-order valence-electron chi connectivity index (χ1n) is 6.53. The highest BCUT2D eigenvalue weighted by molar-refractivity contribution is 5.77. The molecule has 0 aromatic carbocycles. The van der Waals surface area contributed by atoms with Crippen molar-refractivity contribution < 1.29 is 9.32 Å². The van der Waals surface area contributed by atoms with Gasteiger partial charge in [0, 0.05) is 18.0 Å². The molecule has 1 amide bonds. The predicted octanol–water partition coefficient (Wildman–Crippen LogP) is 1.61. The minimum absolute atomic E-state index is 0.0508. The number of aromatic nitrogens is 1. The van der Waals surface area contributed by atoms with E-state index in [0.29, 0.717) is 12.5 Å². The number of nitrogens with zero attached hydrogens (tertiary/aromatic N) is 1. The van der Waals surface area contributed by atoms with Crippen LogP contribution >= 0.6 is 0 Å². The van der Waals surface area contributed by atoms with Crippen LogP contribution in [0.4, 0.5) is 0 Å². The largest absolute Gasteiger partial charge is 0.361 e. The van der Waals surface area contributed by atoms with E-state index in [2.05, 4.69) is 15.8 Å². The summed E-state index contributed by atoms with van der Waals surface area (Å²) in [6, 6.07) is 0.284. The molecular weight excluding hydrogens is 230 g/mol. The fraction of sp³-hybridized carbons (Fsp3) is 0.692. The van der Waals surface area contributed by atoms with Crippen molar-refractivity contribution in [3.63, 3.8) is 0 Å². The summed E-state index contributed by atoms with van der Waals surface area (Å²) < 4.78 is 5.12. The summed E-state index contributed by atoms with van der Waals surface area (Å²) in [6.45, 7) is 6.76. The molecular formula is C13H21N3O2. The van der Waals surface area contributed by atoms with Gasteiger partial charge in [0.25, 0.3) is 0 Å². The van der Waals surface area contributed by atoms with Gasteiger partial charge in [-0.1, -0.05) is 5.16 Å². The Morgan fingerprint density at radius 2 is 2.39 bits per heavy atom. The third kappa shape index (κ3) is 2.90. The number of amides is 1. The lowest BCUT2D eigenvalue weighted by atomic mass is 10.1. The summed E-state index contributed by atoms with van der Waals surface area (Å²) in [5.74, 6) is 0.862. The Morgan fingerprint density at radius 1 is 1.61 bits per heavy atom. The number of aryl methyl sites for hydroxylation is 2. The highest BCUT2D eigenvalue weighted by Gasteiger charge is 2.21. The highest BCUT2D eigenvalue weighted by Crippen LogP contribution is 2.21. The zero-order valence-corrected chi connectivity index (χ0v) is 11.2. The Labute approximate surface area is 107 Å². The Bertz CT molecular complexity index is 402. The third-order valence-electron chi connectivity index (χ3n) is 3.49. The summed E-state index contributed by atoms with van der Waals surface area (Å²) in [7, 11) is 0. The molecule has 1 aromatic rings. The van der Waals surface area contributed by atoms with Crippen LogP contribution in [0.15, 0.2) is 4.52 Å². The van der Waals surface area contributed by atoms with E-state index in [9.17, 15) is 4.79 Å². The van der Waals surface area contributed by atoms with E-state index >= 15 is 0 Å². The second-order valence-electron chi connectivity index (χ2n) is 5.02. The monoisotopic (exact) mass is 251 g/mol. The first-order valence-corrected chi connectivity index (χ1v) is 6.53. The number of carbonyl (C=O) groups excluding carboxylic acids is 1. The second-order valence-corrected chi connectivity index (χ2v) is 5.02. The second kappa shape index (κ2) is 5.52. The molecule has 5 heteroatoms. The van der Waals surface area contributed by atoms with E-state index in [-0.39, 0.29) is 11.9 Å². The van der Waals surface area contributed by atoms with E-state index in [1.54, 1.807) is 0 Å². The molecule has 1 aliphatic heterocycles. The summed E-state index contributed by atoms with van der Waals surface area (Å²) in [5.41, 5.74) is 1.84. The lowest BCUT2D eigenvalue weighted by Gasteiger charge is -2.16. The lowest BCUT2D eigenvalue weighted by molar-refractivity contribution is -0.122. The summed E-state index contributed by atoms with van der Waals surface area (Å²) in [5, 5.41) is 10.2. The van der Waals surface area contributed by atoms with Gasteiger partial charge in [-0.25, -0.2) is 0 Å². The first kappa shape index (κ1) is 13.1. The molecule has 0 saturated carbocycles. The Balaban J connectivity index is 1.90. The molecule has 2 unspecified atom stereocenters. The van der Waals surface area contributed by atoms with Crippen LogP contribution in [-0.4, -0.2) is 23.7 Å². The van der Waals surface area contributed by atoms with Gasteiger partial charge in [-0.05, 0) is 40.2 Å². The van der Waals surface area contributed by atoms with Crippen molar-refractivity contribution in [1.82, 2.24) is 15.8 Å². The Hall–Kier alpha value is -1.36. The van der Waals surface area contributed by atoms with E-state index in [1.165, 1.54) is 0 Å². The molecule has 0 aliphatic carbocycles. The van der Waals surface area contributed by atoms with Gasteiger partial charge >= 0.3 is 0 Å². The highest BCUT2D eigenvalue weighted by atomic mass is 16.5. The smallest absolute Gasteiger partial charge is 0.222 e. The van der Waals surface area contributed by atoms with Crippen molar-refractivity contribution in [2.45, 2.75) is 52.1 Å². The number of hydrogen-bond donors (Lipinski definition) is 2. The molecule has 0 radical (unpaired) electrons. The topological polar surface area (TPSA) is 67.2 Å². The van der Waals surface area contributed by atoms with E-state index in [1.807, 2.05) is 20.8 Å². The summed E-state index contributed by atoms with van der Waals surface area (Å²) in [6.07, 6.45) is 2.80. The van der Waals surface area contributed by atoms with Crippen molar-refractivity contribution in [2.75, 3.05) is 6.54 Å². The van der Waals surface area contributed by atoms with Gasteiger partial charge in [0.1, 0.15) is 5.76 Å². The Kier molecular flexibility index (Phi) is 4.01. The summed E-state index contributed by atoms with van der Waals surface area (Å²) >= 11 is 0. The van der Waals surface area contributed by atoms with Crippen molar-refractivity contribution in [1.29, 1.82) is 0 Å². The molecule has 2 rings (SSSR count). The standard InChI is InChI=1S/C13H21N3O2/c1-8(13-9(2)16-18-10(13)3)15-12(17)7-11-5-4-6-14-11/h8,11,14H,4-7H2,1-3H3,(H,15,17). The van der Waals surface area contributed by atoms with Gasteiger partial charge in [0.15, 0.2) is 0 Å². The zero-order valence-electron chi connectivity index (χ0n) is 11.2. The molecule has 2 heterocycles. The van der Waals surface area contributed by atoms with Crippen LogP contribution in [0.2, 0.25) is 0 Å². The van der Waals surface area contributed by atoms with Crippen molar-refractivity contribution in [3.8, 4) is 0 Å². The molecule has 2 atom stereocenters. The van der Waals surface area contributed by atoms with Gasteiger partial charge in [-0.2, -0.15) is 0 Å². The predicted molar refractivity (Wildman–Crippen MR) is 68.2 cm³/mol.